The van der Waals surface area contributed by atoms with Crippen LogP contribution in [0.5, 0.6) is 0 Å². The zero-order chi connectivity index (χ0) is 9.94. The van der Waals surface area contributed by atoms with Crippen LogP contribution < -0.4 is 0 Å². The van der Waals surface area contributed by atoms with E-state index >= 15 is 0 Å². The summed E-state index contributed by atoms with van der Waals surface area (Å²) in [5.41, 5.74) is 0. The highest BCUT2D eigenvalue weighted by Gasteiger charge is 2.03. The van der Waals surface area contributed by atoms with E-state index in [0.29, 0.717) is 32.5 Å². The van der Waals surface area contributed by atoms with Crippen molar-refractivity contribution in [1.82, 2.24) is 4.90 Å². The number of nitroso groups, excluding NO2 is 1. The lowest BCUT2D eigenvalue weighted by atomic mass is 10.3. The Balaban J connectivity index is 3.68. The molecule has 0 aromatic heterocycles. The Hall–Kier alpha value is -1.46. The third-order valence-electron chi connectivity index (χ3n) is 1.59. The zero-order valence-corrected chi connectivity index (χ0v) is 7.44. The average Bonchev–Trinajstić information content (AvgIpc) is 2.17. The van der Waals surface area contributed by atoms with Crippen molar-refractivity contribution in [1.29, 1.82) is 10.5 Å². The van der Waals surface area contributed by atoms with Gasteiger partial charge in [0.1, 0.15) is 0 Å². The van der Waals surface area contributed by atoms with Crippen LogP contribution in [0.25, 0.3) is 0 Å². The highest BCUT2D eigenvalue weighted by molar-refractivity contribution is 4.76. The van der Waals surface area contributed by atoms with E-state index in [2.05, 4.69) is 5.18 Å². The van der Waals surface area contributed by atoms with Gasteiger partial charge in [-0.1, -0.05) is 5.18 Å². The van der Waals surface area contributed by atoms with Crippen molar-refractivity contribution in [2.45, 2.75) is 12.8 Å². The van der Waals surface area contributed by atoms with Crippen LogP contribution in [-0.2, 0) is 0 Å². The third kappa shape index (κ3) is 6.92. The summed E-state index contributed by atoms with van der Waals surface area (Å²) in [5, 5.41) is 19.4. The molecule has 13 heavy (non-hydrogen) atoms. The van der Waals surface area contributed by atoms with Crippen LogP contribution in [0.4, 0.5) is 0 Å². The first-order valence-electron chi connectivity index (χ1n) is 4.10. The van der Waals surface area contributed by atoms with E-state index in [1.807, 2.05) is 17.0 Å². The second-order valence-corrected chi connectivity index (χ2v) is 2.51. The van der Waals surface area contributed by atoms with Gasteiger partial charge in [-0.3, -0.25) is 4.90 Å². The predicted molar refractivity (Wildman–Crippen MR) is 47.6 cm³/mol. The monoisotopic (exact) mass is 180 g/mol. The minimum atomic E-state index is 0.219. The van der Waals surface area contributed by atoms with Gasteiger partial charge in [-0.25, -0.2) is 0 Å². The maximum Gasteiger partial charge on any atom is 0.0938 e. The molecule has 0 unspecified atom stereocenters. The summed E-state index contributed by atoms with van der Waals surface area (Å²) < 4.78 is 0. The van der Waals surface area contributed by atoms with Crippen LogP contribution in [0.3, 0.4) is 0 Å². The Bertz CT molecular complexity index is 197. The van der Waals surface area contributed by atoms with Crippen molar-refractivity contribution in [3.63, 3.8) is 0 Å². The van der Waals surface area contributed by atoms with E-state index in [-0.39, 0.29) is 6.54 Å². The largest absolute Gasteiger partial charge is 0.299 e. The van der Waals surface area contributed by atoms with Gasteiger partial charge in [-0.2, -0.15) is 15.4 Å². The van der Waals surface area contributed by atoms with E-state index in [4.69, 9.17) is 10.5 Å². The smallest absolute Gasteiger partial charge is 0.0938 e. The topological polar surface area (TPSA) is 80.2 Å². The van der Waals surface area contributed by atoms with E-state index in [1.54, 1.807) is 0 Å². The highest BCUT2D eigenvalue weighted by Crippen LogP contribution is 1.93. The fourth-order valence-corrected chi connectivity index (χ4v) is 0.934. The van der Waals surface area contributed by atoms with Gasteiger partial charge in [-0.05, 0) is 0 Å². The molecule has 70 valence electrons. The number of hydrogen-bond acceptors (Lipinski definition) is 5. The molecule has 0 saturated heterocycles. The van der Waals surface area contributed by atoms with Gasteiger partial charge in [0.05, 0.1) is 18.7 Å². The summed E-state index contributed by atoms with van der Waals surface area (Å²) in [4.78, 5) is 11.7. The molecular formula is C8H12N4O. The van der Waals surface area contributed by atoms with Crippen LogP contribution in [-0.4, -0.2) is 31.1 Å². The second kappa shape index (κ2) is 8.63. The third-order valence-corrected chi connectivity index (χ3v) is 1.59. The molecule has 0 fully saturated rings. The van der Waals surface area contributed by atoms with Crippen molar-refractivity contribution in [2.75, 3.05) is 26.2 Å². The SMILES string of the molecule is N#CCCN(CCC#N)CCN=O. The Morgan fingerprint density at radius 1 is 1.08 bits per heavy atom. The standard InChI is InChI=1S/C8H12N4O/c9-3-1-6-12(7-2-4-10)8-5-11-13/h1-2,5-8H2. The lowest BCUT2D eigenvalue weighted by Gasteiger charge is -2.17. The number of nitrogens with zero attached hydrogens (tertiary/aromatic N) is 4. The van der Waals surface area contributed by atoms with Gasteiger partial charge in [0.25, 0.3) is 0 Å². The molecule has 0 saturated carbocycles. The summed E-state index contributed by atoms with van der Waals surface area (Å²) in [6.45, 7) is 1.96. The molecular weight excluding hydrogens is 168 g/mol. The molecule has 0 heterocycles. The van der Waals surface area contributed by atoms with Gasteiger partial charge < -0.3 is 0 Å². The summed E-state index contributed by atoms with van der Waals surface area (Å²) >= 11 is 0. The Morgan fingerprint density at radius 2 is 1.62 bits per heavy atom. The van der Waals surface area contributed by atoms with E-state index in [9.17, 15) is 4.91 Å². The lowest BCUT2D eigenvalue weighted by molar-refractivity contribution is 0.294. The van der Waals surface area contributed by atoms with Crippen LogP contribution in [0.2, 0.25) is 0 Å². The van der Waals surface area contributed by atoms with Gasteiger partial charge in [0.15, 0.2) is 0 Å². The van der Waals surface area contributed by atoms with Crippen molar-refractivity contribution in [2.24, 2.45) is 5.18 Å². The fraction of sp³-hybridized carbons (Fsp3) is 0.750. The number of rotatable bonds is 7. The molecule has 5 nitrogen and oxygen atoms in total. The molecule has 0 aromatic carbocycles. The van der Waals surface area contributed by atoms with Gasteiger partial charge in [0, 0.05) is 32.5 Å². The minimum Gasteiger partial charge on any atom is -0.299 e. The molecule has 0 amide bonds. The first-order chi connectivity index (χ1) is 6.35. The van der Waals surface area contributed by atoms with E-state index in [1.165, 1.54) is 0 Å². The Morgan fingerprint density at radius 3 is 2.00 bits per heavy atom. The fourth-order valence-electron chi connectivity index (χ4n) is 0.934. The molecule has 0 radical (unpaired) electrons. The number of hydrogen-bond donors (Lipinski definition) is 0. The van der Waals surface area contributed by atoms with Gasteiger partial charge in [-0.15, -0.1) is 0 Å². The molecule has 5 heteroatoms. The van der Waals surface area contributed by atoms with Crippen LogP contribution >= 0.6 is 0 Å². The normalized spacial score (nSPS) is 9.15. The summed E-state index contributed by atoms with van der Waals surface area (Å²) in [5.74, 6) is 0. The van der Waals surface area contributed by atoms with Gasteiger partial charge >= 0.3 is 0 Å². The average molecular weight is 180 g/mol. The maximum absolute atomic E-state index is 9.85. The second-order valence-electron chi connectivity index (χ2n) is 2.51. The molecule has 0 spiro atoms. The molecule has 0 aromatic rings. The molecule has 0 N–H and O–H groups in total. The van der Waals surface area contributed by atoms with Crippen LogP contribution in [0, 0.1) is 27.6 Å². The van der Waals surface area contributed by atoms with Crippen molar-refractivity contribution < 1.29 is 0 Å². The summed E-state index contributed by atoms with van der Waals surface area (Å²) in [6, 6.07) is 4.04. The molecule has 0 rings (SSSR count). The lowest BCUT2D eigenvalue weighted by Crippen LogP contribution is -2.28. The molecule has 0 atom stereocenters. The molecule has 0 aliphatic rings. The molecule has 0 aliphatic carbocycles. The van der Waals surface area contributed by atoms with Crippen molar-refractivity contribution >= 4 is 0 Å². The predicted octanol–water partition coefficient (Wildman–Crippen LogP) is 0.882. The first-order valence-corrected chi connectivity index (χ1v) is 4.10. The van der Waals surface area contributed by atoms with E-state index < -0.39 is 0 Å². The highest BCUT2D eigenvalue weighted by atomic mass is 16.3. The van der Waals surface area contributed by atoms with E-state index in [0.717, 1.165) is 0 Å². The Kier molecular flexibility index (Phi) is 7.67. The van der Waals surface area contributed by atoms with Gasteiger partial charge in [0.2, 0.25) is 0 Å². The molecule has 0 bridgehead atoms. The molecule has 0 aliphatic heterocycles. The van der Waals surface area contributed by atoms with Crippen molar-refractivity contribution in [3.05, 3.63) is 4.91 Å². The first kappa shape index (κ1) is 11.5. The summed E-state index contributed by atoms with van der Waals surface area (Å²) in [7, 11) is 0. The summed E-state index contributed by atoms with van der Waals surface area (Å²) in [6.07, 6.45) is 0.842. The zero-order valence-electron chi connectivity index (χ0n) is 7.44. The minimum absolute atomic E-state index is 0.219. The Labute approximate surface area is 77.5 Å². The number of nitriles is 2. The maximum atomic E-state index is 9.85. The van der Waals surface area contributed by atoms with Crippen LogP contribution in [0.15, 0.2) is 5.18 Å². The van der Waals surface area contributed by atoms with Crippen molar-refractivity contribution in [3.8, 4) is 12.1 Å². The quantitative estimate of drug-likeness (QED) is 0.545. The van der Waals surface area contributed by atoms with Crippen LogP contribution in [0.1, 0.15) is 12.8 Å².